The summed E-state index contributed by atoms with van der Waals surface area (Å²) in [6.07, 6.45) is 0. The lowest BCUT2D eigenvalue weighted by Gasteiger charge is -2.34. The van der Waals surface area contributed by atoms with Crippen molar-refractivity contribution in [3.05, 3.63) is 74.6 Å². The predicted octanol–water partition coefficient (Wildman–Crippen LogP) is 3.96. The van der Waals surface area contributed by atoms with Crippen LogP contribution in [0.15, 0.2) is 62.4 Å². The highest BCUT2D eigenvalue weighted by molar-refractivity contribution is 7.07. The molecule has 3 N–H and O–H groups in total. The summed E-state index contributed by atoms with van der Waals surface area (Å²) in [5.74, 6) is -0.000107. The van der Waals surface area contributed by atoms with Gasteiger partial charge < -0.3 is 19.7 Å². The first-order chi connectivity index (χ1) is 16.0. The maximum absolute atomic E-state index is 12.8. The van der Waals surface area contributed by atoms with E-state index in [1.54, 1.807) is 23.5 Å². The number of phenols is 3. The van der Waals surface area contributed by atoms with Crippen molar-refractivity contribution in [2.24, 2.45) is 0 Å². The van der Waals surface area contributed by atoms with Crippen molar-refractivity contribution >= 4 is 22.3 Å². The molecular weight excluding hydrogens is 440 g/mol. The molecule has 0 atom stereocenters. The van der Waals surface area contributed by atoms with Gasteiger partial charge in [-0.05, 0) is 46.7 Å². The number of hydrogen-bond donors (Lipinski definition) is 3. The molecule has 0 aliphatic carbocycles. The van der Waals surface area contributed by atoms with Crippen LogP contribution in [0.1, 0.15) is 11.1 Å². The molecule has 7 nitrogen and oxygen atoms in total. The summed E-state index contributed by atoms with van der Waals surface area (Å²) in [5.41, 5.74) is 2.20. The zero-order valence-corrected chi connectivity index (χ0v) is 18.7. The fraction of sp³-hybridized carbons (Fsp3) is 0.240. The summed E-state index contributed by atoms with van der Waals surface area (Å²) < 4.78 is 6.06. The second-order valence-corrected chi connectivity index (χ2v) is 9.08. The molecule has 170 valence electrons. The van der Waals surface area contributed by atoms with Crippen LogP contribution in [0, 0.1) is 0 Å². The Morgan fingerprint density at radius 1 is 0.879 bits per heavy atom. The number of nitrogens with zero attached hydrogens (tertiary/aromatic N) is 2. The Morgan fingerprint density at radius 3 is 2.24 bits per heavy atom. The first-order valence-corrected chi connectivity index (χ1v) is 11.7. The van der Waals surface area contributed by atoms with Gasteiger partial charge in [-0.15, -0.1) is 0 Å². The quantitative estimate of drug-likeness (QED) is 0.411. The van der Waals surface area contributed by atoms with Crippen LogP contribution < -0.4 is 5.43 Å². The van der Waals surface area contributed by atoms with E-state index in [0.29, 0.717) is 23.4 Å². The number of rotatable bonds is 5. The van der Waals surface area contributed by atoms with Crippen LogP contribution in [0.25, 0.3) is 22.3 Å². The molecule has 2 aromatic carbocycles. The van der Waals surface area contributed by atoms with Crippen LogP contribution in [0.4, 0.5) is 0 Å². The molecule has 8 heteroatoms. The summed E-state index contributed by atoms with van der Waals surface area (Å²) in [5, 5.41) is 34.9. The molecule has 1 aliphatic heterocycles. The highest BCUT2D eigenvalue weighted by atomic mass is 32.1. The fourth-order valence-electron chi connectivity index (χ4n) is 4.24. The Bertz CT molecular complexity index is 1320. The first kappa shape index (κ1) is 21.5. The molecule has 33 heavy (non-hydrogen) atoms. The van der Waals surface area contributed by atoms with E-state index in [0.717, 1.165) is 32.7 Å². The third-order valence-electron chi connectivity index (χ3n) is 6.05. The maximum Gasteiger partial charge on any atom is 0.197 e. The molecule has 1 saturated heterocycles. The second kappa shape index (κ2) is 8.90. The van der Waals surface area contributed by atoms with Crippen molar-refractivity contribution in [2.45, 2.75) is 13.1 Å². The minimum absolute atomic E-state index is 0.0569. The van der Waals surface area contributed by atoms with Crippen molar-refractivity contribution in [3.63, 3.8) is 0 Å². The molecule has 1 fully saturated rings. The van der Waals surface area contributed by atoms with Crippen molar-refractivity contribution < 1.29 is 19.7 Å². The molecule has 2 aromatic heterocycles. The van der Waals surface area contributed by atoms with Gasteiger partial charge in [-0.3, -0.25) is 14.6 Å². The zero-order chi connectivity index (χ0) is 22.9. The van der Waals surface area contributed by atoms with E-state index < -0.39 is 5.43 Å². The van der Waals surface area contributed by atoms with E-state index in [2.05, 4.69) is 26.6 Å². The summed E-state index contributed by atoms with van der Waals surface area (Å²) in [6, 6.07) is 11.0. The lowest BCUT2D eigenvalue weighted by atomic mass is 10.1. The molecule has 0 spiro atoms. The average molecular weight is 465 g/mol. The van der Waals surface area contributed by atoms with Crippen LogP contribution in [-0.2, 0) is 13.1 Å². The van der Waals surface area contributed by atoms with Gasteiger partial charge in [0.25, 0.3) is 0 Å². The zero-order valence-electron chi connectivity index (χ0n) is 17.9. The number of phenolic OH excluding ortho intramolecular Hbond substituents is 3. The summed E-state index contributed by atoms with van der Waals surface area (Å²) in [6.45, 7) is 4.75. The second-order valence-electron chi connectivity index (χ2n) is 8.30. The van der Waals surface area contributed by atoms with Crippen LogP contribution in [0.5, 0.6) is 17.2 Å². The molecule has 0 saturated carbocycles. The fourth-order valence-corrected chi connectivity index (χ4v) is 4.90. The molecule has 0 unspecified atom stereocenters. The van der Waals surface area contributed by atoms with Gasteiger partial charge in [-0.25, -0.2) is 0 Å². The van der Waals surface area contributed by atoms with Crippen LogP contribution in [0.2, 0.25) is 0 Å². The SMILES string of the molecule is O=c1cc(-c2ccc(O)cc2)oc2c(CN3CCN(Cc4ccsc4)CC3)c(O)cc(O)c12. The van der Waals surface area contributed by atoms with Crippen molar-refractivity contribution in [1.82, 2.24) is 9.80 Å². The Labute approximate surface area is 194 Å². The number of thiophene rings is 1. The van der Waals surface area contributed by atoms with Gasteiger partial charge in [0, 0.05) is 57.0 Å². The highest BCUT2D eigenvalue weighted by Gasteiger charge is 2.23. The Hall–Kier alpha value is -3.33. The standard InChI is InChI=1S/C25H24N2O5S/c28-18-3-1-17(2-4-18)23-12-22(31)24-21(30)11-20(29)19(25(24)32-23)14-27-8-6-26(7-9-27)13-16-5-10-33-15-16/h1-5,10-12,15,28-30H,6-9,13-14H2. The summed E-state index contributed by atoms with van der Waals surface area (Å²) in [4.78, 5) is 17.5. The van der Waals surface area contributed by atoms with Gasteiger partial charge >= 0.3 is 0 Å². The van der Waals surface area contributed by atoms with E-state index in [-0.39, 0.29) is 28.2 Å². The minimum Gasteiger partial charge on any atom is -0.508 e. The predicted molar refractivity (Wildman–Crippen MR) is 128 cm³/mol. The molecule has 3 heterocycles. The van der Waals surface area contributed by atoms with E-state index in [1.165, 1.54) is 29.8 Å². The smallest absolute Gasteiger partial charge is 0.197 e. The minimum atomic E-state index is -0.390. The monoisotopic (exact) mass is 464 g/mol. The summed E-state index contributed by atoms with van der Waals surface area (Å²) >= 11 is 1.70. The van der Waals surface area contributed by atoms with Gasteiger partial charge in [-0.1, -0.05) is 0 Å². The number of piperazine rings is 1. The Kier molecular flexibility index (Phi) is 5.80. The lowest BCUT2D eigenvalue weighted by molar-refractivity contribution is 0.121. The van der Waals surface area contributed by atoms with Crippen LogP contribution in [0.3, 0.4) is 0 Å². The third kappa shape index (κ3) is 4.45. The van der Waals surface area contributed by atoms with Gasteiger partial charge in [-0.2, -0.15) is 11.3 Å². The van der Waals surface area contributed by atoms with Gasteiger partial charge in [0.15, 0.2) is 11.0 Å². The summed E-state index contributed by atoms with van der Waals surface area (Å²) in [7, 11) is 0. The first-order valence-electron chi connectivity index (χ1n) is 10.7. The van der Waals surface area contributed by atoms with Crippen LogP contribution in [-0.4, -0.2) is 51.3 Å². The average Bonchev–Trinajstić information content (AvgIpc) is 3.31. The highest BCUT2D eigenvalue weighted by Crippen LogP contribution is 2.36. The number of hydrogen-bond acceptors (Lipinski definition) is 8. The molecule has 0 amide bonds. The van der Waals surface area contributed by atoms with E-state index >= 15 is 0 Å². The van der Waals surface area contributed by atoms with Crippen molar-refractivity contribution in [1.29, 1.82) is 0 Å². The number of fused-ring (bicyclic) bond motifs is 1. The molecule has 0 radical (unpaired) electrons. The van der Waals surface area contributed by atoms with Crippen molar-refractivity contribution in [2.75, 3.05) is 26.2 Å². The number of aromatic hydroxyl groups is 3. The number of benzene rings is 2. The lowest BCUT2D eigenvalue weighted by Crippen LogP contribution is -2.45. The molecule has 4 aromatic rings. The third-order valence-corrected chi connectivity index (χ3v) is 6.78. The van der Waals surface area contributed by atoms with Gasteiger partial charge in [0.2, 0.25) is 0 Å². The Balaban J connectivity index is 1.44. The molecule has 0 bridgehead atoms. The topological polar surface area (TPSA) is 97.4 Å². The van der Waals surface area contributed by atoms with E-state index in [9.17, 15) is 20.1 Å². The van der Waals surface area contributed by atoms with E-state index in [1.807, 2.05) is 0 Å². The Morgan fingerprint density at radius 2 is 1.58 bits per heavy atom. The van der Waals surface area contributed by atoms with Gasteiger partial charge in [0.1, 0.15) is 28.4 Å². The molecular formula is C25H24N2O5S. The van der Waals surface area contributed by atoms with Crippen LogP contribution >= 0.6 is 11.3 Å². The van der Waals surface area contributed by atoms with E-state index in [4.69, 9.17) is 4.42 Å². The normalized spacial score (nSPS) is 15.3. The maximum atomic E-state index is 12.8. The largest absolute Gasteiger partial charge is 0.508 e. The molecule has 5 rings (SSSR count). The molecule has 1 aliphatic rings. The van der Waals surface area contributed by atoms with Crippen molar-refractivity contribution in [3.8, 4) is 28.6 Å². The van der Waals surface area contributed by atoms with Gasteiger partial charge in [0.05, 0.1) is 5.56 Å².